The Hall–Kier alpha value is -3.56. The molecule has 0 aliphatic carbocycles. The van der Waals surface area contributed by atoms with Crippen LogP contribution in [0.3, 0.4) is 0 Å². The molecule has 0 aliphatic heterocycles. The van der Waals surface area contributed by atoms with Crippen molar-refractivity contribution in [1.29, 1.82) is 0 Å². The molecule has 3 rings (SSSR count). The van der Waals surface area contributed by atoms with Gasteiger partial charge in [0.1, 0.15) is 18.3 Å². The van der Waals surface area contributed by atoms with Crippen molar-refractivity contribution in [1.82, 2.24) is 10.2 Å². The Labute approximate surface area is 229 Å². The Kier molecular flexibility index (Phi) is 9.77. The number of ether oxygens (including phenoxy) is 1. The van der Waals surface area contributed by atoms with Gasteiger partial charge in [-0.1, -0.05) is 54.4 Å². The normalized spacial score (nSPS) is 11.9. The Balaban J connectivity index is 2.06. The van der Waals surface area contributed by atoms with E-state index in [0.717, 1.165) is 15.4 Å². The van der Waals surface area contributed by atoms with Crippen molar-refractivity contribution < 1.29 is 22.7 Å². The fourth-order valence-electron chi connectivity index (χ4n) is 4.05. The summed E-state index contributed by atoms with van der Waals surface area (Å²) in [6.07, 6.45) is 0.331. The number of sulfonamides is 1. The average molecular weight is 558 g/mol. The monoisotopic (exact) mass is 557 g/mol. The van der Waals surface area contributed by atoms with Gasteiger partial charge in [0.15, 0.2) is 0 Å². The molecule has 0 aromatic heterocycles. The molecule has 8 nitrogen and oxygen atoms in total. The highest BCUT2D eigenvalue weighted by atomic mass is 35.5. The number of likely N-dealkylation sites (N-methyl/N-ethyl adjacent to an activating group) is 1. The molecule has 38 heavy (non-hydrogen) atoms. The van der Waals surface area contributed by atoms with Gasteiger partial charge in [0.2, 0.25) is 11.8 Å². The Morgan fingerprint density at radius 3 is 2.32 bits per heavy atom. The molecule has 10 heteroatoms. The van der Waals surface area contributed by atoms with Crippen molar-refractivity contribution in [3.05, 3.63) is 88.9 Å². The number of hydrogen-bond acceptors (Lipinski definition) is 5. The summed E-state index contributed by atoms with van der Waals surface area (Å²) in [5, 5.41) is 2.93. The number of nitrogens with one attached hydrogen (secondary N) is 1. The minimum absolute atomic E-state index is 0.0357. The first-order valence-electron chi connectivity index (χ1n) is 12.1. The number of rotatable bonds is 11. The summed E-state index contributed by atoms with van der Waals surface area (Å²) in [5.41, 5.74) is 1.87. The number of anilines is 1. The first-order valence-corrected chi connectivity index (χ1v) is 13.9. The molecule has 202 valence electrons. The van der Waals surface area contributed by atoms with Crippen LogP contribution < -0.4 is 14.4 Å². The number of nitrogens with zero attached hydrogens (tertiary/aromatic N) is 2. The SMILES string of the molecule is CC[C@H](C(=O)NC)N(Cc1cccc(OC)c1)C(=O)CN(c1cccc(Cl)c1)S(=O)(=O)c1ccc(C)cc1. The third-order valence-corrected chi connectivity index (χ3v) is 8.13. The maximum absolute atomic E-state index is 13.9. The predicted octanol–water partition coefficient (Wildman–Crippen LogP) is 4.41. The van der Waals surface area contributed by atoms with E-state index in [1.54, 1.807) is 62.6 Å². The van der Waals surface area contributed by atoms with Crippen LogP contribution >= 0.6 is 11.6 Å². The zero-order valence-corrected chi connectivity index (χ0v) is 23.4. The van der Waals surface area contributed by atoms with Crippen molar-refractivity contribution in [2.24, 2.45) is 0 Å². The molecular weight excluding hydrogens is 526 g/mol. The summed E-state index contributed by atoms with van der Waals surface area (Å²) in [6, 6.07) is 19.0. The highest BCUT2D eigenvalue weighted by molar-refractivity contribution is 7.92. The van der Waals surface area contributed by atoms with Gasteiger partial charge < -0.3 is 15.0 Å². The van der Waals surface area contributed by atoms with Crippen LogP contribution in [0.4, 0.5) is 5.69 Å². The van der Waals surface area contributed by atoms with Gasteiger partial charge in [-0.2, -0.15) is 0 Å². The molecule has 0 unspecified atom stereocenters. The Bertz CT molecular complexity index is 1380. The van der Waals surface area contributed by atoms with Gasteiger partial charge in [0.25, 0.3) is 10.0 Å². The van der Waals surface area contributed by atoms with Gasteiger partial charge in [-0.3, -0.25) is 13.9 Å². The van der Waals surface area contributed by atoms with Gasteiger partial charge in [0, 0.05) is 18.6 Å². The number of halogens is 1. The first kappa shape index (κ1) is 29.0. The van der Waals surface area contributed by atoms with E-state index in [1.165, 1.54) is 30.1 Å². The van der Waals surface area contributed by atoms with Crippen LogP contribution in [0.25, 0.3) is 0 Å². The third-order valence-electron chi connectivity index (χ3n) is 6.10. The largest absolute Gasteiger partial charge is 0.497 e. The molecule has 0 bridgehead atoms. The summed E-state index contributed by atoms with van der Waals surface area (Å²) >= 11 is 6.19. The van der Waals surface area contributed by atoms with Crippen LogP contribution in [0.15, 0.2) is 77.7 Å². The van der Waals surface area contributed by atoms with Crippen molar-refractivity contribution in [3.8, 4) is 5.75 Å². The fraction of sp³-hybridized carbons (Fsp3) is 0.286. The van der Waals surface area contributed by atoms with Crippen molar-refractivity contribution in [2.45, 2.75) is 37.8 Å². The lowest BCUT2D eigenvalue weighted by Gasteiger charge is -2.33. The number of amides is 2. The van der Waals surface area contributed by atoms with Crippen LogP contribution in [-0.4, -0.2) is 51.9 Å². The van der Waals surface area contributed by atoms with E-state index >= 15 is 0 Å². The number of benzene rings is 3. The third kappa shape index (κ3) is 6.85. The van der Waals surface area contributed by atoms with Crippen LogP contribution in [0.2, 0.25) is 5.02 Å². The van der Waals surface area contributed by atoms with Crippen molar-refractivity contribution >= 4 is 39.1 Å². The van der Waals surface area contributed by atoms with Crippen LogP contribution in [0.1, 0.15) is 24.5 Å². The second kappa shape index (κ2) is 12.8. The molecule has 0 saturated carbocycles. The molecule has 3 aromatic carbocycles. The number of methoxy groups -OCH3 is 1. The van der Waals surface area contributed by atoms with Crippen molar-refractivity contribution in [3.63, 3.8) is 0 Å². The molecule has 2 amide bonds. The lowest BCUT2D eigenvalue weighted by molar-refractivity contribution is -0.140. The van der Waals surface area contributed by atoms with Gasteiger partial charge in [0.05, 0.1) is 17.7 Å². The number of aryl methyl sites for hydroxylation is 1. The summed E-state index contributed by atoms with van der Waals surface area (Å²) < 4.78 is 33.9. The second-order valence-electron chi connectivity index (χ2n) is 8.72. The summed E-state index contributed by atoms with van der Waals surface area (Å²) in [4.78, 5) is 28.1. The van der Waals surface area contributed by atoms with E-state index in [-0.39, 0.29) is 23.0 Å². The highest BCUT2D eigenvalue weighted by Crippen LogP contribution is 2.27. The van der Waals surface area contributed by atoms with E-state index in [9.17, 15) is 18.0 Å². The molecule has 0 spiro atoms. The lowest BCUT2D eigenvalue weighted by atomic mass is 10.1. The lowest BCUT2D eigenvalue weighted by Crippen LogP contribution is -2.51. The van der Waals surface area contributed by atoms with E-state index in [2.05, 4.69) is 5.32 Å². The number of carbonyl (C=O) groups excluding carboxylic acids is 2. The molecule has 0 aliphatic rings. The van der Waals surface area contributed by atoms with Gasteiger partial charge in [-0.25, -0.2) is 8.42 Å². The zero-order chi connectivity index (χ0) is 27.9. The fourth-order valence-corrected chi connectivity index (χ4v) is 5.64. The van der Waals surface area contributed by atoms with Gasteiger partial charge >= 0.3 is 0 Å². The first-order chi connectivity index (χ1) is 18.1. The van der Waals surface area contributed by atoms with E-state index in [0.29, 0.717) is 17.2 Å². The zero-order valence-electron chi connectivity index (χ0n) is 21.8. The van der Waals surface area contributed by atoms with Crippen LogP contribution in [0, 0.1) is 6.92 Å². The molecule has 0 radical (unpaired) electrons. The summed E-state index contributed by atoms with van der Waals surface area (Å²) in [5.74, 6) is -0.288. The Morgan fingerprint density at radius 2 is 1.71 bits per heavy atom. The summed E-state index contributed by atoms with van der Waals surface area (Å²) in [6.45, 7) is 3.20. The smallest absolute Gasteiger partial charge is 0.264 e. The molecule has 3 aromatic rings. The number of hydrogen-bond donors (Lipinski definition) is 1. The van der Waals surface area contributed by atoms with Crippen molar-refractivity contribution in [2.75, 3.05) is 25.0 Å². The average Bonchev–Trinajstić information content (AvgIpc) is 2.91. The molecule has 0 fully saturated rings. The maximum atomic E-state index is 13.9. The van der Waals surface area contributed by atoms with E-state index < -0.39 is 28.5 Å². The quantitative estimate of drug-likeness (QED) is 0.377. The van der Waals surface area contributed by atoms with Gasteiger partial charge in [-0.15, -0.1) is 0 Å². The standard InChI is InChI=1S/C28H32ClN3O5S/c1-5-26(28(34)30-3)31(18-21-8-6-11-24(16-21)37-4)27(33)19-32(23-10-7-9-22(29)17-23)38(35,36)25-14-12-20(2)13-15-25/h6-17,26H,5,18-19H2,1-4H3,(H,30,34)/t26-/m1/s1. The topological polar surface area (TPSA) is 96.0 Å². The van der Waals surface area contributed by atoms with Crippen LogP contribution in [0.5, 0.6) is 5.75 Å². The maximum Gasteiger partial charge on any atom is 0.264 e. The molecule has 0 saturated heterocycles. The second-order valence-corrected chi connectivity index (χ2v) is 11.0. The van der Waals surface area contributed by atoms with E-state index in [1.807, 2.05) is 13.0 Å². The molecule has 0 heterocycles. The molecular formula is C28H32ClN3O5S. The number of carbonyl (C=O) groups is 2. The van der Waals surface area contributed by atoms with Gasteiger partial charge in [-0.05, 0) is 61.4 Å². The molecule has 1 atom stereocenters. The minimum Gasteiger partial charge on any atom is -0.497 e. The molecule has 1 N–H and O–H groups in total. The predicted molar refractivity (Wildman–Crippen MR) is 149 cm³/mol. The van der Waals surface area contributed by atoms with Crippen LogP contribution in [-0.2, 0) is 26.2 Å². The van der Waals surface area contributed by atoms with E-state index in [4.69, 9.17) is 16.3 Å². The Morgan fingerprint density at radius 1 is 1.03 bits per heavy atom. The minimum atomic E-state index is -4.15. The summed E-state index contributed by atoms with van der Waals surface area (Å²) in [7, 11) is -1.11. The highest BCUT2D eigenvalue weighted by Gasteiger charge is 2.33.